The van der Waals surface area contributed by atoms with Gasteiger partial charge in [0.25, 0.3) is 0 Å². The Labute approximate surface area is 127 Å². The number of benzene rings is 1. The first kappa shape index (κ1) is 15.7. The smallest absolute Gasteiger partial charge is 0.313 e. The van der Waals surface area contributed by atoms with Crippen LogP contribution in [0.3, 0.4) is 0 Å². The van der Waals surface area contributed by atoms with Crippen LogP contribution in [0, 0.1) is 5.41 Å². The standard InChI is InChI=1S/C17H26N2O2/c1-17(2,16(20)21-3)13-18-14-7-9-15(10-8-14)19-11-5-4-6-12-19/h7-10,18H,4-6,11-13H2,1-3H3. The van der Waals surface area contributed by atoms with Crippen LogP contribution >= 0.6 is 0 Å². The first-order valence-electron chi connectivity index (χ1n) is 7.70. The summed E-state index contributed by atoms with van der Waals surface area (Å²) in [6, 6.07) is 8.46. The summed E-state index contributed by atoms with van der Waals surface area (Å²) in [5.41, 5.74) is 1.79. The molecule has 1 N–H and O–H groups in total. The minimum Gasteiger partial charge on any atom is -0.469 e. The molecule has 1 fully saturated rings. The highest BCUT2D eigenvalue weighted by Gasteiger charge is 2.28. The SMILES string of the molecule is COC(=O)C(C)(C)CNc1ccc(N2CCCCC2)cc1. The lowest BCUT2D eigenvalue weighted by atomic mass is 9.93. The van der Waals surface area contributed by atoms with Gasteiger partial charge in [-0.25, -0.2) is 0 Å². The molecule has 0 saturated carbocycles. The van der Waals surface area contributed by atoms with E-state index in [-0.39, 0.29) is 5.97 Å². The molecule has 4 nitrogen and oxygen atoms in total. The van der Waals surface area contributed by atoms with Gasteiger partial charge in [0.05, 0.1) is 12.5 Å². The van der Waals surface area contributed by atoms with Gasteiger partial charge < -0.3 is 15.0 Å². The van der Waals surface area contributed by atoms with Crippen LogP contribution in [0.4, 0.5) is 11.4 Å². The summed E-state index contributed by atoms with van der Waals surface area (Å²) in [4.78, 5) is 14.1. The van der Waals surface area contributed by atoms with Gasteiger partial charge in [-0.3, -0.25) is 4.79 Å². The van der Waals surface area contributed by atoms with Crippen molar-refractivity contribution in [3.8, 4) is 0 Å². The maximum absolute atomic E-state index is 11.6. The number of hydrogen-bond acceptors (Lipinski definition) is 4. The molecule has 1 aliphatic heterocycles. The highest BCUT2D eigenvalue weighted by atomic mass is 16.5. The number of methoxy groups -OCH3 is 1. The first-order chi connectivity index (χ1) is 10.0. The fraction of sp³-hybridized carbons (Fsp3) is 0.588. The fourth-order valence-corrected chi connectivity index (χ4v) is 2.61. The Balaban J connectivity index is 1.91. The van der Waals surface area contributed by atoms with Gasteiger partial charge in [-0.2, -0.15) is 0 Å². The highest BCUT2D eigenvalue weighted by molar-refractivity contribution is 5.76. The molecule has 0 aliphatic carbocycles. The van der Waals surface area contributed by atoms with Gasteiger partial charge >= 0.3 is 5.97 Å². The molecule has 0 radical (unpaired) electrons. The molecule has 4 heteroatoms. The van der Waals surface area contributed by atoms with Crippen molar-refractivity contribution in [2.24, 2.45) is 5.41 Å². The maximum atomic E-state index is 11.6. The third-order valence-corrected chi connectivity index (χ3v) is 4.06. The molecule has 0 aromatic heterocycles. The van der Waals surface area contributed by atoms with Crippen LogP contribution in [-0.4, -0.2) is 32.7 Å². The second kappa shape index (κ2) is 6.83. The van der Waals surface area contributed by atoms with Crippen LogP contribution in [0.5, 0.6) is 0 Å². The van der Waals surface area contributed by atoms with Crippen LogP contribution in [0.1, 0.15) is 33.1 Å². The number of esters is 1. The van der Waals surface area contributed by atoms with Crippen molar-refractivity contribution in [3.05, 3.63) is 24.3 Å². The molecule has 0 atom stereocenters. The summed E-state index contributed by atoms with van der Waals surface area (Å²) < 4.78 is 4.82. The number of carbonyl (C=O) groups is 1. The molecular weight excluding hydrogens is 264 g/mol. The Morgan fingerprint density at radius 2 is 1.81 bits per heavy atom. The number of anilines is 2. The van der Waals surface area contributed by atoms with E-state index in [0.717, 1.165) is 18.8 Å². The van der Waals surface area contributed by atoms with E-state index in [2.05, 4.69) is 34.5 Å². The zero-order chi connectivity index (χ0) is 15.3. The average Bonchev–Trinajstić information content (AvgIpc) is 2.53. The molecule has 1 aromatic carbocycles. The van der Waals surface area contributed by atoms with E-state index in [9.17, 15) is 4.79 Å². The van der Waals surface area contributed by atoms with E-state index >= 15 is 0 Å². The topological polar surface area (TPSA) is 41.6 Å². The number of rotatable bonds is 5. The van der Waals surface area contributed by atoms with Gasteiger partial charge in [0.1, 0.15) is 0 Å². The predicted molar refractivity (Wildman–Crippen MR) is 86.8 cm³/mol. The monoisotopic (exact) mass is 290 g/mol. The lowest BCUT2D eigenvalue weighted by molar-refractivity contribution is -0.149. The van der Waals surface area contributed by atoms with Crippen molar-refractivity contribution in [3.63, 3.8) is 0 Å². The molecule has 0 amide bonds. The van der Waals surface area contributed by atoms with E-state index in [0.29, 0.717) is 6.54 Å². The summed E-state index contributed by atoms with van der Waals surface area (Å²) in [5.74, 6) is -0.195. The second-order valence-electron chi connectivity index (χ2n) is 6.32. The van der Waals surface area contributed by atoms with E-state index in [4.69, 9.17) is 4.74 Å². The number of carbonyl (C=O) groups excluding carboxylic acids is 1. The van der Waals surface area contributed by atoms with Gasteiger partial charge in [-0.1, -0.05) is 0 Å². The Morgan fingerprint density at radius 3 is 2.38 bits per heavy atom. The van der Waals surface area contributed by atoms with Crippen LogP contribution in [-0.2, 0) is 9.53 Å². The van der Waals surface area contributed by atoms with Crippen molar-refractivity contribution in [1.29, 1.82) is 0 Å². The van der Waals surface area contributed by atoms with Crippen LogP contribution in [0.2, 0.25) is 0 Å². The van der Waals surface area contributed by atoms with E-state index in [1.165, 1.54) is 32.1 Å². The Bertz CT molecular complexity index is 462. The number of piperidine rings is 1. The van der Waals surface area contributed by atoms with Crippen molar-refractivity contribution < 1.29 is 9.53 Å². The van der Waals surface area contributed by atoms with E-state index in [1.54, 1.807) is 0 Å². The molecule has 1 saturated heterocycles. The minimum absolute atomic E-state index is 0.195. The zero-order valence-electron chi connectivity index (χ0n) is 13.3. The molecule has 0 unspecified atom stereocenters. The quantitative estimate of drug-likeness (QED) is 0.845. The fourth-order valence-electron chi connectivity index (χ4n) is 2.61. The number of nitrogens with zero attached hydrogens (tertiary/aromatic N) is 1. The Kier molecular flexibility index (Phi) is 5.10. The van der Waals surface area contributed by atoms with Crippen LogP contribution in [0.15, 0.2) is 24.3 Å². The van der Waals surface area contributed by atoms with Gasteiger partial charge in [-0.05, 0) is 57.4 Å². The number of nitrogens with one attached hydrogen (secondary N) is 1. The third-order valence-electron chi connectivity index (χ3n) is 4.06. The molecule has 1 heterocycles. The van der Waals surface area contributed by atoms with Crippen LogP contribution < -0.4 is 10.2 Å². The molecule has 1 aliphatic rings. The largest absolute Gasteiger partial charge is 0.469 e. The summed E-state index contributed by atoms with van der Waals surface area (Å²) in [6.45, 7) is 6.63. The normalized spacial score (nSPS) is 15.7. The predicted octanol–water partition coefficient (Wildman–Crippen LogP) is 3.29. The van der Waals surface area contributed by atoms with Gasteiger partial charge in [0.15, 0.2) is 0 Å². The summed E-state index contributed by atoms with van der Waals surface area (Å²) in [5, 5.41) is 3.31. The maximum Gasteiger partial charge on any atom is 0.313 e. The third kappa shape index (κ3) is 4.13. The number of ether oxygens (including phenoxy) is 1. The highest BCUT2D eigenvalue weighted by Crippen LogP contribution is 2.23. The van der Waals surface area contributed by atoms with E-state index < -0.39 is 5.41 Å². The average molecular weight is 290 g/mol. The molecule has 2 rings (SSSR count). The number of hydrogen-bond donors (Lipinski definition) is 1. The van der Waals surface area contributed by atoms with Gasteiger partial charge in [-0.15, -0.1) is 0 Å². The summed E-state index contributed by atoms with van der Waals surface area (Å²) >= 11 is 0. The molecule has 116 valence electrons. The molecule has 21 heavy (non-hydrogen) atoms. The molecule has 1 aromatic rings. The lowest BCUT2D eigenvalue weighted by Gasteiger charge is -2.29. The molecular formula is C17H26N2O2. The van der Waals surface area contributed by atoms with Crippen molar-refractivity contribution in [2.45, 2.75) is 33.1 Å². The van der Waals surface area contributed by atoms with Crippen molar-refractivity contribution in [1.82, 2.24) is 0 Å². The minimum atomic E-state index is -0.527. The van der Waals surface area contributed by atoms with Crippen molar-refractivity contribution in [2.75, 3.05) is 37.0 Å². The Morgan fingerprint density at radius 1 is 1.19 bits per heavy atom. The zero-order valence-corrected chi connectivity index (χ0v) is 13.3. The Hall–Kier alpha value is -1.71. The summed E-state index contributed by atoms with van der Waals surface area (Å²) in [7, 11) is 1.43. The second-order valence-corrected chi connectivity index (χ2v) is 6.32. The van der Waals surface area contributed by atoms with E-state index in [1.807, 2.05) is 13.8 Å². The summed E-state index contributed by atoms with van der Waals surface area (Å²) in [6.07, 6.45) is 3.92. The molecule has 0 spiro atoms. The first-order valence-corrected chi connectivity index (χ1v) is 7.70. The van der Waals surface area contributed by atoms with Gasteiger partial charge in [0, 0.05) is 31.0 Å². The lowest BCUT2D eigenvalue weighted by Crippen LogP contribution is -2.33. The van der Waals surface area contributed by atoms with Crippen molar-refractivity contribution >= 4 is 17.3 Å². The van der Waals surface area contributed by atoms with Crippen LogP contribution in [0.25, 0.3) is 0 Å². The van der Waals surface area contributed by atoms with Gasteiger partial charge in [0.2, 0.25) is 0 Å². The molecule has 0 bridgehead atoms.